The van der Waals surface area contributed by atoms with Crippen LogP contribution in [0.15, 0.2) is 48.5 Å². The van der Waals surface area contributed by atoms with Crippen molar-refractivity contribution in [3.63, 3.8) is 0 Å². The molecule has 2 atom stereocenters. The fourth-order valence-corrected chi connectivity index (χ4v) is 2.69. The summed E-state index contributed by atoms with van der Waals surface area (Å²) in [5.74, 6) is 0.619. The Bertz CT molecular complexity index is 562. The van der Waals surface area contributed by atoms with Gasteiger partial charge < -0.3 is 5.32 Å². The molecule has 0 radical (unpaired) electrons. The van der Waals surface area contributed by atoms with Gasteiger partial charge in [0.1, 0.15) is 0 Å². The van der Waals surface area contributed by atoms with Crippen LogP contribution in [0.5, 0.6) is 0 Å². The van der Waals surface area contributed by atoms with E-state index in [0.29, 0.717) is 5.92 Å². The van der Waals surface area contributed by atoms with E-state index in [0.717, 1.165) is 17.1 Å². The van der Waals surface area contributed by atoms with Crippen LogP contribution in [-0.4, -0.2) is 0 Å². The number of halogens is 1. The second kappa shape index (κ2) is 7.51. The molecule has 2 heteroatoms. The van der Waals surface area contributed by atoms with E-state index in [2.05, 4.69) is 56.4 Å². The summed E-state index contributed by atoms with van der Waals surface area (Å²) < 4.78 is 0. The minimum Gasteiger partial charge on any atom is -0.378 e. The zero-order valence-electron chi connectivity index (χ0n) is 13.1. The van der Waals surface area contributed by atoms with Gasteiger partial charge in [-0.3, -0.25) is 0 Å². The van der Waals surface area contributed by atoms with E-state index in [1.807, 2.05) is 18.2 Å². The summed E-state index contributed by atoms with van der Waals surface area (Å²) in [5.41, 5.74) is 3.80. The topological polar surface area (TPSA) is 12.0 Å². The zero-order chi connectivity index (χ0) is 15.2. The number of hydrogen-bond acceptors (Lipinski definition) is 1. The molecule has 0 spiro atoms. The average Bonchev–Trinajstić information content (AvgIpc) is 2.52. The van der Waals surface area contributed by atoms with Gasteiger partial charge in [-0.2, -0.15) is 0 Å². The normalized spacial score (nSPS) is 13.7. The predicted molar refractivity (Wildman–Crippen MR) is 93.3 cm³/mol. The molecule has 1 N–H and O–H groups in total. The number of rotatable bonds is 6. The van der Waals surface area contributed by atoms with Crippen LogP contribution in [-0.2, 0) is 0 Å². The minimum absolute atomic E-state index is 0.290. The predicted octanol–water partition coefficient (Wildman–Crippen LogP) is 6.42. The van der Waals surface area contributed by atoms with E-state index >= 15 is 0 Å². The lowest BCUT2D eigenvalue weighted by Gasteiger charge is -2.20. The summed E-state index contributed by atoms with van der Waals surface area (Å²) in [7, 11) is 0. The molecular weight excluding hydrogens is 278 g/mol. The summed E-state index contributed by atoms with van der Waals surface area (Å²) in [6.45, 7) is 6.68. The highest BCUT2D eigenvalue weighted by Crippen LogP contribution is 2.26. The summed E-state index contributed by atoms with van der Waals surface area (Å²) in [5, 5.41) is 4.39. The lowest BCUT2D eigenvalue weighted by atomic mass is 9.98. The molecule has 0 saturated carbocycles. The average molecular weight is 302 g/mol. The van der Waals surface area contributed by atoms with Crippen molar-refractivity contribution in [2.24, 2.45) is 0 Å². The molecule has 0 fully saturated rings. The van der Waals surface area contributed by atoms with E-state index in [4.69, 9.17) is 11.6 Å². The molecule has 0 amide bonds. The van der Waals surface area contributed by atoms with Gasteiger partial charge in [-0.05, 0) is 54.2 Å². The van der Waals surface area contributed by atoms with Crippen molar-refractivity contribution in [2.45, 2.75) is 45.6 Å². The van der Waals surface area contributed by atoms with Crippen LogP contribution in [0.2, 0.25) is 5.02 Å². The van der Waals surface area contributed by atoms with E-state index in [1.165, 1.54) is 17.5 Å². The van der Waals surface area contributed by atoms with Crippen LogP contribution in [0.4, 0.5) is 5.69 Å². The van der Waals surface area contributed by atoms with Gasteiger partial charge in [-0.1, -0.05) is 56.6 Å². The Labute approximate surface area is 133 Å². The summed E-state index contributed by atoms with van der Waals surface area (Å²) >= 11 is 6.09. The van der Waals surface area contributed by atoms with E-state index in [9.17, 15) is 0 Å². The Morgan fingerprint density at radius 3 is 2.24 bits per heavy atom. The molecule has 2 aromatic carbocycles. The molecule has 0 aliphatic heterocycles. The Kier molecular flexibility index (Phi) is 5.69. The highest BCUT2D eigenvalue weighted by Gasteiger charge is 2.10. The highest BCUT2D eigenvalue weighted by atomic mass is 35.5. The fourth-order valence-electron chi connectivity index (χ4n) is 2.49. The molecule has 2 aromatic rings. The fraction of sp³-hybridized carbons (Fsp3) is 0.368. The molecule has 2 rings (SSSR count). The van der Waals surface area contributed by atoms with Crippen molar-refractivity contribution in [3.8, 4) is 0 Å². The quantitative estimate of drug-likeness (QED) is 0.649. The van der Waals surface area contributed by atoms with Gasteiger partial charge in [-0.15, -0.1) is 0 Å². The minimum atomic E-state index is 0.290. The highest BCUT2D eigenvalue weighted by molar-refractivity contribution is 6.30. The standard InChI is InChI=1S/C19H24ClN/c1-4-14(3)15-9-11-18(12-10-15)21-19(5-2)16-7-6-8-17(20)13-16/h6-14,19,21H,4-5H2,1-3H3. The van der Waals surface area contributed by atoms with Crippen molar-refractivity contribution in [1.29, 1.82) is 0 Å². The molecule has 0 saturated heterocycles. The second-order valence-electron chi connectivity index (χ2n) is 5.59. The van der Waals surface area contributed by atoms with Gasteiger partial charge in [0.05, 0.1) is 6.04 Å². The van der Waals surface area contributed by atoms with Gasteiger partial charge in [0.25, 0.3) is 0 Å². The van der Waals surface area contributed by atoms with Crippen molar-refractivity contribution in [3.05, 3.63) is 64.7 Å². The van der Waals surface area contributed by atoms with Crippen LogP contribution in [0.1, 0.15) is 56.7 Å². The van der Waals surface area contributed by atoms with E-state index in [1.54, 1.807) is 0 Å². The third-order valence-electron chi connectivity index (χ3n) is 4.09. The molecule has 0 aromatic heterocycles. The van der Waals surface area contributed by atoms with Crippen molar-refractivity contribution >= 4 is 17.3 Å². The third kappa shape index (κ3) is 4.25. The molecule has 112 valence electrons. The number of nitrogens with one attached hydrogen (secondary N) is 1. The molecule has 2 unspecified atom stereocenters. The first-order valence-electron chi connectivity index (χ1n) is 7.76. The first-order chi connectivity index (χ1) is 10.1. The Hall–Kier alpha value is -1.47. The van der Waals surface area contributed by atoms with Gasteiger partial charge in [0.15, 0.2) is 0 Å². The summed E-state index contributed by atoms with van der Waals surface area (Å²) in [6, 6.07) is 17.2. The van der Waals surface area contributed by atoms with Gasteiger partial charge in [0.2, 0.25) is 0 Å². The molecule has 0 aliphatic carbocycles. The maximum atomic E-state index is 6.09. The van der Waals surface area contributed by atoms with Crippen LogP contribution in [0, 0.1) is 0 Å². The van der Waals surface area contributed by atoms with E-state index in [-0.39, 0.29) is 6.04 Å². The molecular formula is C19H24ClN. The first kappa shape index (κ1) is 15.9. The van der Waals surface area contributed by atoms with Gasteiger partial charge in [0, 0.05) is 10.7 Å². The monoisotopic (exact) mass is 301 g/mol. The molecule has 0 bridgehead atoms. The number of benzene rings is 2. The Balaban J connectivity index is 2.12. The lowest BCUT2D eigenvalue weighted by Crippen LogP contribution is -2.09. The SMILES string of the molecule is CCC(C)c1ccc(NC(CC)c2cccc(Cl)c2)cc1. The summed E-state index contributed by atoms with van der Waals surface area (Å²) in [4.78, 5) is 0. The van der Waals surface area contributed by atoms with Crippen LogP contribution >= 0.6 is 11.6 Å². The molecule has 1 nitrogen and oxygen atoms in total. The maximum absolute atomic E-state index is 6.09. The van der Waals surface area contributed by atoms with Gasteiger partial charge in [-0.25, -0.2) is 0 Å². The maximum Gasteiger partial charge on any atom is 0.0511 e. The van der Waals surface area contributed by atoms with E-state index < -0.39 is 0 Å². The van der Waals surface area contributed by atoms with Crippen molar-refractivity contribution in [2.75, 3.05) is 5.32 Å². The van der Waals surface area contributed by atoms with Crippen LogP contribution in [0.25, 0.3) is 0 Å². The largest absolute Gasteiger partial charge is 0.378 e. The van der Waals surface area contributed by atoms with Crippen LogP contribution in [0.3, 0.4) is 0 Å². The molecule has 0 heterocycles. The van der Waals surface area contributed by atoms with Gasteiger partial charge >= 0.3 is 0 Å². The van der Waals surface area contributed by atoms with Crippen molar-refractivity contribution in [1.82, 2.24) is 0 Å². The molecule has 21 heavy (non-hydrogen) atoms. The van der Waals surface area contributed by atoms with Crippen LogP contribution < -0.4 is 5.32 Å². The lowest BCUT2D eigenvalue weighted by molar-refractivity contribution is 0.732. The third-order valence-corrected chi connectivity index (χ3v) is 4.33. The smallest absolute Gasteiger partial charge is 0.0511 e. The Morgan fingerprint density at radius 1 is 0.952 bits per heavy atom. The Morgan fingerprint density at radius 2 is 1.67 bits per heavy atom. The zero-order valence-corrected chi connectivity index (χ0v) is 13.8. The number of hydrogen-bond donors (Lipinski definition) is 1. The summed E-state index contributed by atoms with van der Waals surface area (Å²) in [6.07, 6.45) is 2.19. The number of anilines is 1. The second-order valence-corrected chi connectivity index (χ2v) is 6.03. The van der Waals surface area contributed by atoms with Crippen molar-refractivity contribution < 1.29 is 0 Å². The first-order valence-corrected chi connectivity index (χ1v) is 8.13. The molecule has 0 aliphatic rings.